The van der Waals surface area contributed by atoms with Crippen molar-refractivity contribution in [2.24, 2.45) is 0 Å². The Bertz CT molecular complexity index is 442. The smallest absolute Gasteiger partial charge is 0.222 e. The van der Waals surface area contributed by atoms with Gasteiger partial charge in [0.25, 0.3) is 0 Å². The first-order valence-corrected chi connectivity index (χ1v) is 7.33. The Kier molecular flexibility index (Phi) is 5.41. The summed E-state index contributed by atoms with van der Waals surface area (Å²) in [6.07, 6.45) is 1.47. The van der Waals surface area contributed by atoms with Crippen LogP contribution in [0.4, 0.5) is 0 Å². The van der Waals surface area contributed by atoms with Crippen LogP contribution < -0.4 is 10.1 Å². The van der Waals surface area contributed by atoms with Gasteiger partial charge in [-0.25, -0.2) is 0 Å². The lowest BCUT2D eigenvalue weighted by Crippen LogP contribution is -2.46. The SMILES string of the molecule is COc1ccccc1C(C)CCC(=O)N1CCNCC1. The molecule has 0 aromatic heterocycles. The van der Waals surface area contributed by atoms with Gasteiger partial charge in [-0.1, -0.05) is 25.1 Å². The summed E-state index contributed by atoms with van der Waals surface area (Å²) < 4.78 is 5.39. The molecule has 110 valence electrons. The van der Waals surface area contributed by atoms with Gasteiger partial charge < -0.3 is 15.0 Å². The van der Waals surface area contributed by atoms with Crippen LogP contribution in [0.25, 0.3) is 0 Å². The maximum absolute atomic E-state index is 12.2. The van der Waals surface area contributed by atoms with E-state index < -0.39 is 0 Å². The second kappa shape index (κ2) is 7.29. The molecule has 1 aliphatic heterocycles. The highest BCUT2D eigenvalue weighted by Gasteiger charge is 2.18. The highest BCUT2D eigenvalue weighted by molar-refractivity contribution is 5.76. The van der Waals surface area contributed by atoms with Crippen molar-refractivity contribution in [3.05, 3.63) is 29.8 Å². The number of hydrogen-bond acceptors (Lipinski definition) is 3. The molecule has 0 bridgehead atoms. The molecule has 0 aliphatic carbocycles. The Morgan fingerprint density at radius 2 is 2.05 bits per heavy atom. The van der Waals surface area contributed by atoms with Gasteiger partial charge in [0.1, 0.15) is 5.75 Å². The van der Waals surface area contributed by atoms with Gasteiger partial charge in [-0.2, -0.15) is 0 Å². The lowest BCUT2D eigenvalue weighted by atomic mass is 9.95. The van der Waals surface area contributed by atoms with E-state index >= 15 is 0 Å². The van der Waals surface area contributed by atoms with Crippen molar-refractivity contribution in [2.75, 3.05) is 33.3 Å². The molecule has 2 rings (SSSR count). The number of benzene rings is 1. The predicted octanol–water partition coefficient (Wildman–Crippen LogP) is 2.01. The molecule has 1 N–H and O–H groups in total. The van der Waals surface area contributed by atoms with E-state index in [2.05, 4.69) is 18.3 Å². The summed E-state index contributed by atoms with van der Waals surface area (Å²) in [5, 5.41) is 3.26. The van der Waals surface area contributed by atoms with Crippen LogP contribution in [0.5, 0.6) is 5.75 Å². The van der Waals surface area contributed by atoms with E-state index in [1.165, 1.54) is 5.56 Å². The molecule has 1 amide bonds. The molecule has 1 atom stereocenters. The Balaban J connectivity index is 1.88. The van der Waals surface area contributed by atoms with Crippen molar-refractivity contribution in [3.63, 3.8) is 0 Å². The van der Waals surface area contributed by atoms with Crippen molar-refractivity contribution in [1.29, 1.82) is 0 Å². The maximum Gasteiger partial charge on any atom is 0.222 e. The molecule has 4 nitrogen and oxygen atoms in total. The number of carbonyl (C=O) groups excluding carboxylic acids is 1. The summed E-state index contributed by atoms with van der Waals surface area (Å²) >= 11 is 0. The highest BCUT2D eigenvalue weighted by Crippen LogP contribution is 2.29. The van der Waals surface area contributed by atoms with E-state index in [-0.39, 0.29) is 5.91 Å². The summed E-state index contributed by atoms with van der Waals surface area (Å²) in [5.74, 6) is 1.51. The fourth-order valence-corrected chi connectivity index (χ4v) is 2.64. The van der Waals surface area contributed by atoms with Gasteiger partial charge in [-0.3, -0.25) is 4.79 Å². The average Bonchev–Trinajstić information content (AvgIpc) is 2.53. The molecule has 1 unspecified atom stereocenters. The third-order valence-electron chi connectivity index (χ3n) is 3.93. The molecular formula is C16H24N2O2. The Morgan fingerprint density at radius 1 is 1.35 bits per heavy atom. The van der Waals surface area contributed by atoms with E-state index in [9.17, 15) is 4.79 Å². The first kappa shape index (κ1) is 14.9. The number of para-hydroxylation sites is 1. The van der Waals surface area contributed by atoms with Crippen molar-refractivity contribution in [1.82, 2.24) is 10.2 Å². The minimum absolute atomic E-state index is 0.272. The van der Waals surface area contributed by atoms with Gasteiger partial charge >= 0.3 is 0 Å². The first-order chi connectivity index (χ1) is 9.72. The largest absolute Gasteiger partial charge is 0.496 e. The van der Waals surface area contributed by atoms with Gasteiger partial charge in [0, 0.05) is 32.6 Å². The molecule has 0 saturated carbocycles. The lowest BCUT2D eigenvalue weighted by molar-refractivity contribution is -0.131. The van der Waals surface area contributed by atoms with Crippen LogP contribution in [-0.4, -0.2) is 44.1 Å². The molecule has 1 aromatic carbocycles. The average molecular weight is 276 g/mol. The molecule has 0 radical (unpaired) electrons. The summed E-state index contributed by atoms with van der Waals surface area (Å²) in [5.41, 5.74) is 1.18. The van der Waals surface area contributed by atoms with E-state index in [0.717, 1.165) is 38.3 Å². The number of nitrogens with one attached hydrogen (secondary N) is 1. The zero-order valence-corrected chi connectivity index (χ0v) is 12.4. The van der Waals surface area contributed by atoms with Crippen molar-refractivity contribution in [3.8, 4) is 5.75 Å². The normalized spacial score (nSPS) is 16.8. The fourth-order valence-electron chi connectivity index (χ4n) is 2.64. The zero-order chi connectivity index (χ0) is 14.4. The van der Waals surface area contributed by atoms with Crippen molar-refractivity contribution < 1.29 is 9.53 Å². The van der Waals surface area contributed by atoms with Gasteiger partial charge in [-0.15, -0.1) is 0 Å². The Hall–Kier alpha value is -1.55. The number of ether oxygens (including phenoxy) is 1. The van der Waals surface area contributed by atoms with Gasteiger partial charge in [-0.05, 0) is 24.0 Å². The number of methoxy groups -OCH3 is 1. The van der Waals surface area contributed by atoms with Crippen LogP contribution in [0.2, 0.25) is 0 Å². The van der Waals surface area contributed by atoms with E-state index in [0.29, 0.717) is 12.3 Å². The fraction of sp³-hybridized carbons (Fsp3) is 0.562. The van der Waals surface area contributed by atoms with Crippen molar-refractivity contribution in [2.45, 2.75) is 25.7 Å². The molecule has 1 saturated heterocycles. The van der Waals surface area contributed by atoms with Crippen LogP contribution in [0.15, 0.2) is 24.3 Å². The second-order valence-electron chi connectivity index (χ2n) is 5.31. The van der Waals surface area contributed by atoms with Gasteiger partial charge in [0.05, 0.1) is 7.11 Å². The van der Waals surface area contributed by atoms with Crippen LogP contribution >= 0.6 is 0 Å². The minimum atomic E-state index is 0.272. The number of rotatable bonds is 5. The van der Waals surface area contributed by atoms with E-state index in [1.807, 2.05) is 23.1 Å². The topological polar surface area (TPSA) is 41.6 Å². The molecule has 20 heavy (non-hydrogen) atoms. The Labute approximate surface area is 121 Å². The third-order valence-corrected chi connectivity index (χ3v) is 3.93. The Morgan fingerprint density at radius 3 is 2.75 bits per heavy atom. The van der Waals surface area contributed by atoms with Gasteiger partial charge in [0.15, 0.2) is 0 Å². The molecule has 1 aromatic rings. The number of carbonyl (C=O) groups is 1. The minimum Gasteiger partial charge on any atom is -0.496 e. The molecule has 1 fully saturated rings. The lowest BCUT2D eigenvalue weighted by Gasteiger charge is -2.28. The number of amides is 1. The quantitative estimate of drug-likeness (QED) is 0.894. The molecule has 1 heterocycles. The van der Waals surface area contributed by atoms with Crippen LogP contribution in [0.3, 0.4) is 0 Å². The first-order valence-electron chi connectivity index (χ1n) is 7.33. The standard InChI is InChI=1S/C16H24N2O2/c1-13(14-5-3-4-6-15(14)20-2)7-8-16(19)18-11-9-17-10-12-18/h3-6,13,17H,7-12H2,1-2H3. The number of piperazine rings is 1. The van der Waals surface area contributed by atoms with Crippen molar-refractivity contribution >= 4 is 5.91 Å². The predicted molar refractivity (Wildman–Crippen MR) is 80.1 cm³/mol. The summed E-state index contributed by atoms with van der Waals surface area (Å²) in [6, 6.07) is 8.05. The highest BCUT2D eigenvalue weighted by atomic mass is 16.5. The molecule has 1 aliphatic rings. The molecular weight excluding hydrogens is 252 g/mol. The maximum atomic E-state index is 12.2. The summed E-state index contributed by atoms with van der Waals surface area (Å²) in [6.45, 7) is 5.65. The molecule has 4 heteroatoms. The number of hydrogen-bond donors (Lipinski definition) is 1. The zero-order valence-electron chi connectivity index (χ0n) is 12.4. The van der Waals surface area contributed by atoms with Crippen LogP contribution in [0.1, 0.15) is 31.2 Å². The second-order valence-corrected chi connectivity index (χ2v) is 5.31. The van der Waals surface area contributed by atoms with Crippen LogP contribution in [-0.2, 0) is 4.79 Å². The van der Waals surface area contributed by atoms with Gasteiger partial charge in [0.2, 0.25) is 5.91 Å². The van der Waals surface area contributed by atoms with E-state index in [4.69, 9.17) is 4.74 Å². The van der Waals surface area contributed by atoms with E-state index in [1.54, 1.807) is 7.11 Å². The summed E-state index contributed by atoms with van der Waals surface area (Å²) in [4.78, 5) is 14.1. The third kappa shape index (κ3) is 3.73. The molecule has 0 spiro atoms. The summed E-state index contributed by atoms with van der Waals surface area (Å²) in [7, 11) is 1.69. The van der Waals surface area contributed by atoms with Crippen LogP contribution in [0, 0.1) is 0 Å². The monoisotopic (exact) mass is 276 g/mol. The number of nitrogens with zero attached hydrogens (tertiary/aromatic N) is 1.